The molecule has 2 aromatic rings. The third-order valence-electron chi connectivity index (χ3n) is 3.92. The molecule has 0 radical (unpaired) electrons. The number of benzene rings is 1. The second kappa shape index (κ2) is 9.15. The number of methoxy groups -OCH3 is 1. The first kappa shape index (κ1) is 19.7. The van der Waals surface area contributed by atoms with Gasteiger partial charge in [-0.25, -0.2) is 0 Å². The van der Waals surface area contributed by atoms with Crippen LogP contribution in [0, 0.1) is 12.8 Å². The molecule has 2 amide bonds. The van der Waals surface area contributed by atoms with Crippen LogP contribution in [0.2, 0.25) is 0 Å². The lowest BCUT2D eigenvalue weighted by Gasteiger charge is -2.21. The van der Waals surface area contributed by atoms with Gasteiger partial charge in [0.2, 0.25) is 5.91 Å². The van der Waals surface area contributed by atoms with Crippen LogP contribution < -0.4 is 10.6 Å². The quantitative estimate of drug-likeness (QED) is 0.705. The molecule has 0 unspecified atom stereocenters. The highest BCUT2D eigenvalue weighted by atomic mass is 16.5. The number of carbonyl (C=O) groups is 2. The van der Waals surface area contributed by atoms with Crippen LogP contribution in [0.3, 0.4) is 0 Å². The number of hydrogen-bond acceptors (Lipinski definition) is 5. The number of hydrogen-bond donors (Lipinski definition) is 2. The molecule has 7 heteroatoms. The van der Waals surface area contributed by atoms with Gasteiger partial charge in [0.15, 0.2) is 11.5 Å². The SMILES string of the molecule is COCCNC(=O)[C@H](NC(=O)c1cc(-c2ccc(C)cc2)on1)C(C)C. The van der Waals surface area contributed by atoms with Gasteiger partial charge in [0.25, 0.3) is 5.91 Å². The molecule has 1 aromatic heterocycles. The van der Waals surface area contributed by atoms with Gasteiger partial charge in [-0.1, -0.05) is 48.8 Å². The van der Waals surface area contributed by atoms with Crippen molar-refractivity contribution in [2.75, 3.05) is 20.3 Å². The van der Waals surface area contributed by atoms with Gasteiger partial charge in [0.1, 0.15) is 6.04 Å². The number of aryl methyl sites for hydroxylation is 1. The number of amides is 2. The second-order valence-electron chi connectivity index (χ2n) is 6.42. The summed E-state index contributed by atoms with van der Waals surface area (Å²) in [5.74, 6) is -0.286. The summed E-state index contributed by atoms with van der Waals surface area (Å²) in [4.78, 5) is 24.7. The molecule has 0 saturated heterocycles. The topological polar surface area (TPSA) is 93.5 Å². The van der Waals surface area contributed by atoms with Crippen molar-refractivity contribution in [3.05, 3.63) is 41.6 Å². The molecule has 1 atom stereocenters. The Morgan fingerprint density at radius 1 is 1.23 bits per heavy atom. The molecule has 2 rings (SSSR count). The number of nitrogens with zero attached hydrogens (tertiary/aromatic N) is 1. The predicted molar refractivity (Wildman–Crippen MR) is 97.7 cm³/mol. The summed E-state index contributed by atoms with van der Waals surface area (Å²) in [5.41, 5.74) is 2.10. The summed E-state index contributed by atoms with van der Waals surface area (Å²) in [6.07, 6.45) is 0. The minimum Gasteiger partial charge on any atom is -0.383 e. The normalized spacial score (nSPS) is 12.0. The van der Waals surface area contributed by atoms with Crippen molar-refractivity contribution in [1.82, 2.24) is 15.8 Å². The largest absolute Gasteiger partial charge is 0.383 e. The molecule has 0 spiro atoms. The Morgan fingerprint density at radius 2 is 1.92 bits per heavy atom. The smallest absolute Gasteiger partial charge is 0.274 e. The highest BCUT2D eigenvalue weighted by Gasteiger charge is 2.25. The lowest BCUT2D eigenvalue weighted by molar-refractivity contribution is -0.124. The molecule has 0 bridgehead atoms. The molecule has 1 heterocycles. The van der Waals surface area contributed by atoms with E-state index < -0.39 is 11.9 Å². The van der Waals surface area contributed by atoms with E-state index in [1.807, 2.05) is 45.0 Å². The van der Waals surface area contributed by atoms with Gasteiger partial charge in [-0.3, -0.25) is 9.59 Å². The van der Waals surface area contributed by atoms with E-state index in [9.17, 15) is 9.59 Å². The van der Waals surface area contributed by atoms with Gasteiger partial charge < -0.3 is 19.9 Å². The van der Waals surface area contributed by atoms with Crippen molar-refractivity contribution >= 4 is 11.8 Å². The van der Waals surface area contributed by atoms with Gasteiger partial charge in [-0.15, -0.1) is 0 Å². The number of rotatable bonds is 8. The van der Waals surface area contributed by atoms with E-state index in [4.69, 9.17) is 9.26 Å². The van der Waals surface area contributed by atoms with E-state index in [2.05, 4.69) is 15.8 Å². The van der Waals surface area contributed by atoms with Crippen molar-refractivity contribution in [3.63, 3.8) is 0 Å². The van der Waals surface area contributed by atoms with Crippen LogP contribution in [0.4, 0.5) is 0 Å². The van der Waals surface area contributed by atoms with Crippen molar-refractivity contribution in [2.45, 2.75) is 26.8 Å². The Balaban J connectivity index is 2.05. The summed E-state index contributed by atoms with van der Waals surface area (Å²) in [6, 6.07) is 8.61. The summed E-state index contributed by atoms with van der Waals surface area (Å²) >= 11 is 0. The average molecular weight is 359 g/mol. The molecule has 26 heavy (non-hydrogen) atoms. The molecule has 0 aliphatic rings. The fourth-order valence-electron chi connectivity index (χ4n) is 2.37. The monoisotopic (exact) mass is 359 g/mol. The van der Waals surface area contributed by atoms with Crippen LogP contribution in [0.25, 0.3) is 11.3 Å². The Bertz CT molecular complexity index is 737. The van der Waals surface area contributed by atoms with E-state index in [1.165, 1.54) is 0 Å². The van der Waals surface area contributed by atoms with Gasteiger partial charge in [0, 0.05) is 25.3 Å². The van der Waals surface area contributed by atoms with E-state index >= 15 is 0 Å². The number of carbonyl (C=O) groups excluding carboxylic acids is 2. The Kier molecular flexibility index (Phi) is 6.91. The number of nitrogens with one attached hydrogen (secondary N) is 2. The lowest BCUT2D eigenvalue weighted by Crippen LogP contribution is -2.50. The first-order valence-electron chi connectivity index (χ1n) is 8.53. The predicted octanol–water partition coefficient (Wildman–Crippen LogP) is 2.17. The van der Waals surface area contributed by atoms with Crippen LogP contribution in [0.1, 0.15) is 29.9 Å². The van der Waals surface area contributed by atoms with Gasteiger partial charge in [-0.05, 0) is 12.8 Å². The highest BCUT2D eigenvalue weighted by Crippen LogP contribution is 2.20. The third kappa shape index (κ3) is 5.16. The first-order valence-corrected chi connectivity index (χ1v) is 8.53. The minimum absolute atomic E-state index is 0.0787. The van der Waals surface area contributed by atoms with Gasteiger partial charge in [0.05, 0.1) is 6.61 Å². The van der Waals surface area contributed by atoms with Crippen molar-refractivity contribution in [2.24, 2.45) is 5.92 Å². The fraction of sp³-hybridized carbons (Fsp3) is 0.421. The average Bonchev–Trinajstić information content (AvgIpc) is 3.10. The molecule has 2 N–H and O–H groups in total. The van der Waals surface area contributed by atoms with Crippen LogP contribution in [-0.2, 0) is 9.53 Å². The molecule has 140 valence electrons. The van der Waals surface area contributed by atoms with E-state index in [1.54, 1.807) is 13.2 Å². The van der Waals surface area contributed by atoms with E-state index in [-0.39, 0.29) is 17.5 Å². The maximum Gasteiger partial charge on any atom is 0.274 e. The van der Waals surface area contributed by atoms with Crippen LogP contribution in [0.15, 0.2) is 34.9 Å². The molecule has 0 aliphatic heterocycles. The summed E-state index contributed by atoms with van der Waals surface area (Å²) in [5, 5.41) is 9.28. The summed E-state index contributed by atoms with van der Waals surface area (Å²) in [7, 11) is 1.56. The van der Waals surface area contributed by atoms with Crippen molar-refractivity contribution < 1.29 is 18.8 Å². The Hall–Kier alpha value is -2.67. The number of aromatic nitrogens is 1. The Morgan fingerprint density at radius 3 is 2.54 bits per heavy atom. The standard InChI is InChI=1S/C19H25N3O4/c1-12(2)17(19(24)20-9-10-25-4)21-18(23)15-11-16(26-22-15)14-7-5-13(3)6-8-14/h5-8,11-12,17H,9-10H2,1-4H3,(H,20,24)(H,21,23)/t17-/m1/s1. The van der Waals surface area contributed by atoms with Crippen molar-refractivity contribution in [1.29, 1.82) is 0 Å². The van der Waals surface area contributed by atoms with Crippen molar-refractivity contribution in [3.8, 4) is 11.3 Å². The zero-order valence-corrected chi connectivity index (χ0v) is 15.5. The maximum absolute atomic E-state index is 12.5. The molecular weight excluding hydrogens is 334 g/mol. The van der Waals surface area contributed by atoms with Crippen LogP contribution in [-0.4, -0.2) is 43.3 Å². The minimum atomic E-state index is -0.668. The van der Waals surface area contributed by atoms with E-state index in [0.29, 0.717) is 18.9 Å². The summed E-state index contributed by atoms with van der Waals surface area (Å²) in [6.45, 7) is 6.51. The molecule has 0 aliphatic carbocycles. The highest BCUT2D eigenvalue weighted by molar-refractivity contribution is 5.96. The Labute approximate surface area is 153 Å². The summed E-state index contributed by atoms with van der Waals surface area (Å²) < 4.78 is 10.2. The van der Waals surface area contributed by atoms with Gasteiger partial charge >= 0.3 is 0 Å². The number of ether oxygens (including phenoxy) is 1. The molecule has 0 fully saturated rings. The lowest BCUT2D eigenvalue weighted by atomic mass is 10.0. The third-order valence-corrected chi connectivity index (χ3v) is 3.92. The molecule has 7 nitrogen and oxygen atoms in total. The molecule has 0 saturated carbocycles. The van der Waals surface area contributed by atoms with E-state index in [0.717, 1.165) is 11.1 Å². The molecule has 1 aromatic carbocycles. The van der Waals surface area contributed by atoms with Crippen LogP contribution >= 0.6 is 0 Å². The van der Waals surface area contributed by atoms with Crippen LogP contribution in [0.5, 0.6) is 0 Å². The first-order chi connectivity index (χ1) is 12.4. The second-order valence-corrected chi connectivity index (χ2v) is 6.42. The van der Waals surface area contributed by atoms with Gasteiger partial charge in [-0.2, -0.15) is 0 Å². The molecular formula is C19H25N3O4. The fourth-order valence-corrected chi connectivity index (χ4v) is 2.37. The maximum atomic E-state index is 12.5. The zero-order valence-electron chi connectivity index (χ0n) is 15.5. The zero-order chi connectivity index (χ0) is 19.1.